The van der Waals surface area contributed by atoms with E-state index in [9.17, 15) is 5.53 Å². The Bertz CT molecular complexity index is 915. The monoisotopic (exact) mass is 356 g/mol. The Labute approximate surface area is 163 Å². The first kappa shape index (κ1) is 19.0. The van der Waals surface area contributed by atoms with Crippen molar-refractivity contribution in [1.29, 1.82) is 0 Å². The Morgan fingerprint density at radius 1 is 1.07 bits per heavy atom. The van der Waals surface area contributed by atoms with Gasteiger partial charge >= 0.3 is 0 Å². The maximum Gasteiger partial charge on any atom is 0.211 e. The van der Waals surface area contributed by atoms with Crippen molar-refractivity contribution in [3.8, 4) is 0 Å². The van der Waals surface area contributed by atoms with Gasteiger partial charge in [-0.3, -0.25) is 0 Å². The summed E-state index contributed by atoms with van der Waals surface area (Å²) in [5.41, 5.74) is 18.8. The fraction of sp³-hybridized carbons (Fsp3) is 0.280. The van der Waals surface area contributed by atoms with Crippen LogP contribution in [0.15, 0.2) is 72.8 Å². The molecule has 2 aromatic rings. The highest BCUT2D eigenvalue weighted by Crippen LogP contribution is 2.38. The predicted octanol–water partition coefficient (Wildman–Crippen LogP) is 7.10. The molecule has 0 bridgehead atoms. The summed E-state index contributed by atoms with van der Waals surface area (Å²) in [6, 6.07) is 16.7. The summed E-state index contributed by atoms with van der Waals surface area (Å²) in [4.78, 5) is 0. The van der Waals surface area contributed by atoms with Gasteiger partial charge in [-0.1, -0.05) is 55.3 Å². The zero-order chi connectivity index (χ0) is 19.2. The third-order valence-electron chi connectivity index (χ3n) is 5.06. The first-order chi connectivity index (χ1) is 13.2. The fourth-order valence-corrected chi connectivity index (χ4v) is 3.63. The van der Waals surface area contributed by atoms with E-state index in [0.717, 1.165) is 54.6 Å². The lowest BCUT2D eigenvalue weighted by Gasteiger charge is -2.13. The van der Waals surface area contributed by atoms with Gasteiger partial charge in [-0.25, -0.2) is 4.70 Å². The Hall–Kier alpha value is -2.74. The van der Waals surface area contributed by atoms with Crippen molar-refractivity contribution in [3.05, 3.63) is 101 Å². The smallest absolute Gasteiger partial charge is 0.211 e. The third kappa shape index (κ3) is 4.16. The van der Waals surface area contributed by atoms with E-state index in [-0.39, 0.29) is 0 Å². The van der Waals surface area contributed by atoms with E-state index in [2.05, 4.69) is 69.0 Å². The molecule has 2 aromatic carbocycles. The standard InChI is InChI=1S/C25H28N2/c1-4-6-12-20-14-8-9-16-23(20)25-22(13-7-5-2)18-24(27(25)26)21-15-10-11-19(3)17-21/h4,8-11,14-18H,1,5-7,12-13H2,2-3H3. The lowest BCUT2D eigenvalue weighted by Crippen LogP contribution is -2.05. The van der Waals surface area contributed by atoms with E-state index < -0.39 is 0 Å². The summed E-state index contributed by atoms with van der Waals surface area (Å²) in [6.07, 6.45) is 9.17. The van der Waals surface area contributed by atoms with E-state index in [0.29, 0.717) is 0 Å². The van der Waals surface area contributed by atoms with Crippen LogP contribution in [0.4, 0.5) is 0 Å². The van der Waals surface area contributed by atoms with Crippen molar-refractivity contribution in [2.75, 3.05) is 0 Å². The SMILES string of the molecule is C=CCCc1ccccc1C1=C(CCCC)C=C(c2cccc(C)c2)[N+]1=[N-]. The van der Waals surface area contributed by atoms with Crippen molar-refractivity contribution < 1.29 is 4.70 Å². The van der Waals surface area contributed by atoms with E-state index >= 15 is 0 Å². The molecule has 0 amide bonds. The van der Waals surface area contributed by atoms with Gasteiger partial charge in [0.25, 0.3) is 0 Å². The maximum atomic E-state index is 11.2. The number of unbranched alkanes of at least 4 members (excludes halogenated alkanes) is 1. The average Bonchev–Trinajstić information content (AvgIpc) is 3.01. The lowest BCUT2D eigenvalue weighted by molar-refractivity contribution is -0.344. The molecule has 27 heavy (non-hydrogen) atoms. The zero-order valence-corrected chi connectivity index (χ0v) is 16.4. The van der Waals surface area contributed by atoms with Crippen LogP contribution in [0, 0.1) is 6.92 Å². The summed E-state index contributed by atoms with van der Waals surface area (Å²) in [6.45, 7) is 8.14. The van der Waals surface area contributed by atoms with Crippen LogP contribution in [0.3, 0.4) is 0 Å². The number of nitrogens with zero attached hydrogens (tertiary/aromatic N) is 2. The number of benzene rings is 2. The highest BCUT2D eigenvalue weighted by molar-refractivity contribution is 5.79. The molecule has 3 rings (SSSR count). The van der Waals surface area contributed by atoms with Crippen LogP contribution in [0.2, 0.25) is 0 Å². The molecule has 2 nitrogen and oxygen atoms in total. The highest BCUT2D eigenvalue weighted by atomic mass is 15.2. The molecule has 0 spiro atoms. The molecule has 138 valence electrons. The van der Waals surface area contributed by atoms with Crippen molar-refractivity contribution in [1.82, 2.24) is 0 Å². The molecule has 1 aliphatic rings. The van der Waals surface area contributed by atoms with E-state index in [4.69, 9.17) is 0 Å². The largest absolute Gasteiger partial charge is 0.493 e. The predicted molar refractivity (Wildman–Crippen MR) is 114 cm³/mol. The van der Waals surface area contributed by atoms with Crippen molar-refractivity contribution in [3.63, 3.8) is 0 Å². The van der Waals surface area contributed by atoms with Gasteiger partial charge in [0.05, 0.1) is 0 Å². The van der Waals surface area contributed by atoms with Crippen LogP contribution in [-0.2, 0) is 6.42 Å². The second kappa shape index (κ2) is 8.77. The normalized spacial score (nSPS) is 13.9. The van der Waals surface area contributed by atoms with E-state index in [1.54, 1.807) is 0 Å². The molecule has 1 heterocycles. The van der Waals surface area contributed by atoms with Crippen LogP contribution < -0.4 is 0 Å². The van der Waals surface area contributed by atoms with Gasteiger partial charge in [0.15, 0.2) is 0 Å². The molecule has 0 N–H and O–H groups in total. The van der Waals surface area contributed by atoms with Gasteiger partial charge in [-0.2, -0.15) is 0 Å². The maximum absolute atomic E-state index is 11.2. The van der Waals surface area contributed by atoms with Crippen molar-refractivity contribution in [2.45, 2.75) is 46.0 Å². The lowest BCUT2D eigenvalue weighted by atomic mass is 9.96. The Morgan fingerprint density at radius 2 is 1.89 bits per heavy atom. The van der Waals surface area contributed by atoms with Gasteiger partial charge in [0.2, 0.25) is 11.4 Å². The van der Waals surface area contributed by atoms with Crippen LogP contribution in [0.25, 0.3) is 16.9 Å². The molecule has 0 unspecified atom stereocenters. The topological polar surface area (TPSA) is 25.3 Å². The first-order valence-electron chi connectivity index (χ1n) is 9.85. The van der Waals surface area contributed by atoms with Crippen LogP contribution in [-0.4, -0.2) is 4.70 Å². The number of allylic oxidation sites excluding steroid dienone is 3. The molecule has 0 saturated heterocycles. The van der Waals surface area contributed by atoms with E-state index in [1.807, 2.05) is 12.1 Å². The van der Waals surface area contributed by atoms with E-state index in [1.165, 1.54) is 21.4 Å². The van der Waals surface area contributed by atoms with Crippen molar-refractivity contribution in [2.24, 2.45) is 0 Å². The number of hydrogen-bond donors (Lipinski definition) is 0. The second-order valence-electron chi connectivity index (χ2n) is 7.17. The Morgan fingerprint density at radius 3 is 2.63 bits per heavy atom. The van der Waals surface area contributed by atoms with Gasteiger partial charge < -0.3 is 5.53 Å². The molecule has 2 heteroatoms. The first-order valence-corrected chi connectivity index (χ1v) is 9.85. The fourth-order valence-electron chi connectivity index (χ4n) is 3.63. The van der Waals surface area contributed by atoms with Crippen LogP contribution in [0.1, 0.15) is 54.9 Å². The second-order valence-corrected chi connectivity index (χ2v) is 7.17. The number of hydrogen-bond acceptors (Lipinski definition) is 0. The number of aryl methyl sites for hydroxylation is 2. The van der Waals surface area contributed by atoms with Gasteiger partial charge in [-0.15, -0.1) is 6.58 Å². The van der Waals surface area contributed by atoms with Gasteiger partial charge in [0, 0.05) is 22.8 Å². The summed E-state index contributed by atoms with van der Waals surface area (Å²) in [7, 11) is 0. The summed E-state index contributed by atoms with van der Waals surface area (Å²) < 4.78 is 1.40. The summed E-state index contributed by atoms with van der Waals surface area (Å²) in [5, 5.41) is 0. The Kier molecular flexibility index (Phi) is 6.18. The van der Waals surface area contributed by atoms with Crippen LogP contribution in [0.5, 0.6) is 0 Å². The molecular formula is C25H28N2. The van der Waals surface area contributed by atoms with Gasteiger partial charge in [-0.05, 0) is 56.4 Å². The Balaban J connectivity index is 2.05. The van der Waals surface area contributed by atoms with Gasteiger partial charge in [0.1, 0.15) is 0 Å². The summed E-state index contributed by atoms with van der Waals surface area (Å²) in [5.74, 6) is 0. The molecule has 0 saturated carbocycles. The molecule has 0 atom stereocenters. The summed E-state index contributed by atoms with van der Waals surface area (Å²) >= 11 is 0. The third-order valence-corrected chi connectivity index (χ3v) is 5.06. The minimum atomic E-state index is 0.860. The average molecular weight is 357 g/mol. The van der Waals surface area contributed by atoms with Crippen LogP contribution >= 0.6 is 0 Å². The van der Waals surface area contributed by atoms with Crippen molar-refractivity contribution >= 4 is 11.4 Å². The molecule has 0 radical (unpaired) electrons. The molecule has 0 aliphatic carbocycles. The molecule has 1 aliphatic heterocycles. The molecular weight excluding hydrogens is 328 g/mol. The minimum absolute atomic E-state index is 0.860. The quantitative estimate of drug-likeness (QED) is 0.356. The number of rotatable bonds is 8. The minimum Gasteiger partial charge on any atom is -0.493 e. The zero-order valence-electron chi connectivity index (χ0n) is 16.4. The molecule has 0 fully saturated rings. The highest BCUT2D eigenvalue weighted by Gasteiger charge is 2.29. The molecule has 0 aromatic heterocycles.